The summed E-state index contributed by atoms with van der Waals surface area (Å²) in [5.74, 6) is 0. The van der Waals surface area contributed by atoms with Crippen molar-refractivity contribution in [3.8, 4) is 0 Å². The van der Waals surface area contributed by atoms with Crippen LogP contribution in [0.4, 0.5) is 13.2 Å². The number of nitrogens with one attached hydrogen (secondary N) is 1. The minimum atomic E-state index is -4.27. The number of aliphatic hydroxyl groups is 1. The Labute approximate surface area is 86.5 Å². The summed E-state index contributed by atoms with van der Waals surface area (Å²) < 4.78 is 59.3. The predicted molar refractivity (Wildman–Crippen MR) is 48.8 cm³/mol. The SMILES string of the molecule is CC(CO)S(=O)(=O)NCCCC(F)(F)F. The molecule has 0 aromatic rings. The van der Waals surface area contributed by atoms with Gasteiger partial charge in [0.05, 0.1) is 11.9 Å². The first-order valence-corrected chi connectivity index (χ1v) is 5.90. The molecule has 0 aromatic carbocycles. The zero-order valence-electron chi connectivity index (χ0n) is 8.21. The summed E-state index contributed by atoms with van der Waals surface area (Å²) in [7, 11) is -3.70. The van der Waals surface area contributed by atoms with Crippen molar-refractivity contribution in [3.05, 3.63) is 0 Å². The lowest BCUT2D eigenvalue weighted by Gasteiger charge is -2.11. The molecule has 0 amide bonds. The van der Waals surface area contributed by atoms with Crippen molar-refractivity contribution in [1.29, 1.82) is 0 Å². The number of rotatable bonds is 6. The molecule has 0 saturated heterocycles. The first kappa shape index (κ1) is 14.7. The standard InChI is InChI=1S/C7H14F3NO3S/c1-6(5-12)15(13,14)11-4-2-3-7(8,9)10/h6,11-12H,2-5H2,1H3. The lowest BCUT2D eigenvalue weighted by atomic mass is 10.3. The van der Waals surface area contributed by atoms with Crippen molar-refractivity contribution >= 4 is 10.0 Å². The smallest absolute Gasteiger partial charge is 0.389 e. The van der Waals surface area contributed by atoms with Crippen LogP contribution < -0.4 is 4.72 Å². The number of aliphatic hydroxyl groups excluding tert-OH is 1. The van der Waals surface area contributed by atoms with Gasteiger partial charge in [-0.3, -0.25) is 0 Å². The first-order valence-electron chi connectivity index (χ1n) is 4.35. The molecule has 92 valence electrons. The molecule has 4 nitrogen and oxygen atoms in total. The molecule has 0 fully saturated rings. The third-order valence-corrected chi connectivity index (χ3v) is 3.54. The zero-order valence-corrected chi connectivity index (χ0v) is 9.03. The van der Waals surface area contributed by atoms with E-state index in [1.165, 1.54) is 6.92 Å². The highest BCUT2D eigenvalue weighted by atomic mass is 32.2. The largest absolute Gasteiger partial charge is 0.395 e. The normalized spacial score (nSPS) is 15.3. The van der Waals surface area contributed by atoms with Crippen molar-refractivity contribution in [2.45, 2.75) is 31.2 Å². The molecule has 0 aliphatic carbocycles. The van der Waals surface area contributed by atoms with E-state index in [9.17, 15) is 21.6 Å². The molecule has 0 aliphatic heterocycles. The number of hydrogen-bond acceptors (Lipinski definition) is 3. The molecule has 0 radical (unpaired) electrons. The van der Waals surface area contributed by atoms with E-state index in [0.29, 0.717) is 0 Å². The molecule has 1 atom stereocenters. The van der Waals surface area contributed by atoms with E-state index in [1.54, 1.807) is 0 Å². The van der Waals surface area contributed by atoms with Crippen molar-refractivity contribution < 1.29 is 26.7 Å². The Morgan fingerprint density at radius 3 is 2.33 bits per heavy atom. The molecule has 0 rings (SSSR count). The van der Waals surface area contributed by atoms with Gasteiger partial charge in [-0.05, 0) is 13.3 Å². The molecular formula is C7H14F3NO3S. The summed E-state index contributed by atoms with van der Waals surface area (Å²) in [5, 5.41) is 7.55. The van der Waals surface area contributed by atoms with E-state index in [0.717, 1.165) is 0 Å². The van der Waals surface area contributed by atoms with Crippen LogP contribution >= 0.6 is 0 Å². The number of hydrogen-bond donors (Lipinski definition) is 2. The van der Waals surface area contributed by atoms with Gasteiger partial charge in [-0.15, -0.1) is 0 Å². The van der Waals surface area contributed by atoms with Gasteiger partial charge in [0.2, 0.25) is 10.0 Å². The third kappa shape index (κ3) is 6.69. The van der Waals surface area contributed by atoms with Gasteiger partial charge in [0.15, 0.2) is 0 Å². The molecule has 0 aliphatic rings. The van der Waals surface area contributed by atoms with Gasteiger partial charge in [0.25, 0.3) is 0 Å². The Kier molecular flexibility index (Phi) is 5.54. The van der Waals surface area contributed by atoms with Crippen LogP contribution in [0.1, 0.15) is 19.8 Å². The van der Waals surface area contributed by atoms with Crippen LogP contribution in [0.3, 0.4) is 0 Å². The van der Waals surface area contributed by atoms with Gasteiger partial charge in [0.1, 0.15) is 0 Å². The van der Waals surface area contributed by atoms with Gasteiger partial charge in [0, 0.05) is 13.0 Å². The maximum atomic E-state index is 11.7. The van der Waals surface area contributed by atoms with Crippen molar-refractivity contribution in [2.24, 2.45) is 0 Å². The fourth-order valence-electron chi connectivity index (χ4n) is 0.744. The van der Waals surface area contributed by atoms with Crippen molar-refractivity contribution in [2.75, 3.05) is 13.2 Å². The van der Waals surface area contributed by atoms with Crippen LogP contribution in [-0.4, -0.2) is 38.1 Å². The van der Waals surface area contributed by atoms with Crippen LogP contribution in [0.5, 0.6) is 0 Å². The number of sulfonamides is 1. The van der Waals surface area contributed by atoms with E-state index < -0.39 is 34.5 Å². The number of alkyl halides is 3. The molecule has 0 heterocycles. The van der Waals surface area contributed by atoms with E-state index in [-0.39, 0.29) is 13.0 Å². The molecule has 8 heteroatoms. The maximum absolute atomic E-state index is 11.7. The summed E-state index contributed by atoms with van der Waals surface area (Å²) in [4.78, 5) is 0. The topological polar surface area (TPSA) is 66.4 Å². The quantitative estimate of drug-likeness (QED) is 0.678. The van der Waals surface area contributed by atoms with Crippen LogP contribution in [0.2, 0.25) is 0 Å². The van der Waals surface area contributed by atoms with E-state index in [1.807, 2.05) is 4.72 Å². The Hall–Kier alpha value is -0.340. The van der Waals surface area contributed by atoms with Crippen molar-refractivity contribution in [3.63, 3.8) is 0 Å². The van der Waals surface area contributed by atoms with E-state index in [2.05, 4.69) is 0 Å². The molecule has 15 heavy (non-hydrogen) atoms. The summed E-state index contributed by atoms with van der Waals surface area (Å²) in [6.45, 7) is 0.437. The fraction of sp³-hybridized carbons (Fsp3) is 1.00. The lowest BCUT2D eigenvalue weighted by molar-refractivity contribution is -0.135. The van der Waals surface area contributed by atoms with Crippen LogP contribution in [-0.2, 0) is 10.0 Å². The van der Waals surface area contributed by atoms with E-state index >= 15 is 0 Å². The summed E-state index contributed by atoms with van der Waals surface area (Å²) in [6.07, 6.45) is -5.60. The maximum Gasteiger partial charge on any atom is 0.389 e. The van der Waals surface area contributed by atoms with Crippen LogP contribution in [0.25, 0.3) is 0 Å². The average Bonchev–Trinajstić information content (AvgIpc) is 2.09. The minimum Gasteiger partial charge on any atom is -0.395 e. The average molecular weight is 249 g/mol. The molecule has 0 aromatic heterocycles. The predicted octanol–water partition coefficient (Wildman–Crippen LogP) is 0.629. The summed E-state index contributed by atoms with van der Waals surface area (Å²) in [5.41, 5.74) is 0. The highest BCUT2D eigenvalue weighted by molar-refractivity contribution is 7.90. The van der Waals surface area contributed by atoms with Gasteiger partial charge >= 0.3 is 6.18 Å². The Morgan fingerprint density at radius 1 is 1.40 bits per heavy atom. The zero-order chi connectivity index (χ0) is 12.1. The second-order valence-corrected chi connectivity index (χ2v) is 5.33. The summed E-state index contributed by atoms with van der Waals surface area (Å²) >= 11 is 0. The minimum absolute atomic E-state index is 0.272. The monoisotopic (exact) mass is 249 g/mol. The Bertz CT molecular complexity index is 276. The molecule has 2 N–H and O–H groups in total. The molecule has 1 unspecified atom stereocenters. The molecule has 0 saturated carbocycles. The van der Waals surface area contributed by atoms with Gasteiger partial charge in [-0.1, -0.05) is 0 Å². The highest BCUT2D eigenvalue weighted by Crippen LogP contribution is 2.20. The van der Waals surface area contributed by atoms with Gasteiger partial charge in [-0.25, -0.2) is 13.1 Å². The van der Waals surface area contributed by atoms with Gasteiger partial charge in [-0.2, -0.15) is 13.2 Å². The van der Waals surface area contributed by atoms with Crippen LogP contribution in [0, 0.1) is 0 Å². The van der Waals surface area contributed by atoms with Gasteiger partial charge < -0.3 is 5.11 Å². The van der Waals surface area contributed by atoms with Crippen LogP contribution in [0.15, 0.2) is 0 Å². The Morgan fingerprint density at radius 2 is 1.93 bits per heavy atom. The first-order chi connectivity index (χ1) is 6.69. The van der Waals surface area contributed by atoms with Crippen molar-refractivity contribution in [1.82, 2.24) is 4.72 Å². The number of halogens is 3. The third-order valence-electron chi connectivity index (χ3n) is 1.73. The summed E-state index contributed by atoms with van der Waals surface area (Å²) in [6, 6.07) is 0. The van der Waals surface area contributed by atoms with E-state index in [4.69, 9.17) is 5.11 Å². The molecular weight excluding hydrogens is 235 g/mol. The Balaban J connectivity index is 3.87. The molecule has 0 bridgehead atoms. The second-order valence-electron chi connectivity index (χ2n) is 3.15. The second kappa shape index (κ2) is 5.66. The fourth-order valence-corrected chi connectivity index (χ4v) is 1.65. The lowest BCUT2D eigenvalue weighted by Crippen LogP contribution is -2.35. The highest BCUT2D eigenvalue weighted by Gasteiger charge is 2.26. The molecule has 0 spiro atoms.